The van der Waals surface area contributed by atoms with Crippen LogP contribution >= 0.6 is 11.3 Å². The lowest BCUT2D eigenvalue weighted by molar-refractivity contribution is -0.384. The van der Waals surface area contributed by atoms with E-state index in [1.807, 2.05) is 0 Å². The van der Waals surface area contributed by atoms with Gasteiger partial charge in [-0.1, -0.05) is 0 Å². The third kappa shape index (κ3) is 2.74. The molecule has 0 aliphatic heterocycles. The van der Waals surface area contributed by atoms with Crippen LogP contribution in [0, 0.1) is 28.7 Å². The van der Waals surface area contributed by atoms with Gasteiger partial charge < -0.3 is 5.32 Å². The Balaban J connectivity index is 2.38. The summed E-state index contributed by atoms with van der Waals surface area (Å²) in [4.78, 5) is 15.0. The molecule has 0 amide bonds. The Morgan fingerprint density at radius 1 is 1.45 bits per heavy atom. The van der Waals surface area contributed by atoms with Crippen LogP contribution in [-0.4, -0.2) is 9.91 Å². The van der Waals surface area contributed by atoms with Crippen LogP contribution in [0.15, 0.2) is 17.6 Å². The summed E-state index contributed by atoms with van der Waals surface area (Å²) in [5, 5.41) is 13.6. The van der Waals surface area contributed by atoms with Crippen molar-refractivity contribution in [2.24, 2.45) is 0 Å². The maximum atomic E-state index is 13.8. The Labute approximate surface area is 117 Å². The number of anilines is 1. The van der Waals surface area contributed by atoms with Gasteiger partial charge in [0.05, 0.1) is 28.2 Å². The van der Waals surface area contributed by atoms with Gasteiger partial charge in [0.15, 0.2) is 5.82 Å². The van der Waals surface area contributed by atoms with Crippen LogP contribution in [0.3, 0.4) is 0 Å². The summed E-state index contributed by atoms with van der Waals surface area (Å²) in [6.07, 6.45) is 0. The number of aryl methyl sites for hydroxylation is 1. The van der Waals surface area contributed by atoms with Gasteiger partial charge in [0, 0.05) is 10.9 Å². The van der Waals surface area contributed by atoms with Gasteiger partial charge in [-0.05, 0) is 13.8 Å². The summed E-state index contributed by atoms with van der Waals surface area (Å²) in [6, 6.07) is 0.931. The number of rotatable bonds is 4. The number of hydrogen-bond acceptors (Lipinski definition) is 5. The average Bonchev–Trinajstić information content (AvgIpc) is 2.78. The number of aromatic nitrogens is 1. The van der Waals surface area contributed by atoms with Crippen LogP contribution in [-0.2, 0) is 0 Å². The van der Waals surface area contributed by atoms with Gasteiger partial charge in [0.25, 0.3) is 5.69 Å². The molecule has 1 heterocycles. The number of benzene rings is 1. The van der Waals surface area contributed by atoms with E-state index in [1.165, 1.54) is 11.3 Å². The summed E-state index contributed by atoms with van der Waals surface area (Å²) >= 11 is 1.36. The Kier molecular flexibility index (Phi) is 3.93. The fourth-order valence-corrected chi connectivity index (χ4v) is 2.67. The largest absolute Gasteiger partial charge is 0.370 e. The topological polar surface area (TPSA) is 68.1 Å². The number of nitro groups is 1. The number of nitrogens with one attached hydrogen (secondary N) is 1. The van der Waals surface area contributed by atoms with Crippen molar-refractivity contribution in [3.05, 3.63) is 50.0 Å². The maximum absolute atomic E-state index is 13.8. The standard InChI is InChI=1S/C12H11F2N3O2S/c1-6-12(20-5-15-6)7(2)16-11-9(14)3-8(13)4-10(11)17(18)19/h3-5,7,16H,1-2H3. The van der Waals surface area contributed by atoms with E-state index in [9.17, 15) is 18.9 Å². The van der Waals surface area contributed by atoms with Crippen LogP contribution < -0.4 is 5.32 Å². The first kappa shape index (κ1) is 14.3. The first-order chi connectivity index (χ1) is 9.40. The second-order valence-electron chi connectivity index (χ2n) is 4.21. The predicted molar refractivity (Wildman–Crippen MR) is 71.9 cm³/mol. The zero-order chi connectivity index (χ0) is 14.9. The van der Waals surface area contributed by atoms with Gasteiger partial charge >= 0.3 is 0 Å². The molecule has 1 atom stereocenters. The molecule has 106 valence electrons. The van der Waals surface area contributed by atoms with Gasteiger partial charge in [-0.2, -0.15) is 0 Å². The van der Waals surface area contributed by atoms with Crippen molar-refractivity contribution < 1.29 is 13.7 Å². The molecular weight excluding hydrogens is 288 g/mol. The molecule has 0 fully saturated rings. The number of nitrogens with zero attached hydrogens (tertiary/aromatic N) is 2. The Morgan fingerprint density at radius 2 is 2.15 bits per heavy atom. The minimum absolute atomic E-state index is 0.322. The highest BCUT2D eigenvalue weighted by molar-refractivity contribution is 7.09. The highest BCUT2D eigenvalue weighted by Crippen LogP contribution is 2.33. The third-order valence-electron chi connectivity index (χ3n) is 2.77. The second kappa shape index (κ2) is 5.49. The summed E-state index contributed by atoms with van der Waals surface area (Å²) < 4.78 is 26.8. The number of halogens is 2. The molecule has 0 saturated carbocycles. The van der Waals surface area contributed by atoms with Gasteiger partial charge in [0.1, 0.15) is 11.5 Å². The molecule has 0 spiro atoms. The molecule has 20 heavy (non-hydrogen) atoms. The highest BCUT2D eigenvalue weighted by atomic mass is 32.1. The first-order valence-corrected chi connectivity index (χ1v) is 6.58. The molecule has 2 aromatic rings. The van der Waals surface area contributed by atoms with Crippen LogP contribution in [0.1, 0.15) is 23.5 Å². The van der Waals surface area contributed by atoms with Crippen molar-refractivity contribution in [3.63, 3.8) is 0 Å². The van der Waals surface area contributed by atoms with Crippen LogP contribution in [0.2, 0.25) is 0 Å². The van der Waals surface area contributed by atoms with Crippen molar-refractivity contribution in [1.82, 2.24) is 4.98 Å². The van der Waals surface area contributed by atoms with Gasteiger partial charge in [-0.25, -0.2) is 13.8 Å². The lowest BCUT2D eigenvalue weighted by Gasteiger charge is -2.15. The van der Waals surface area contributed by atoms with E-state index in [2.05, 4.69) is 10.3 Å². The minimum Gasteiger partial charge on any atom is -0.370 e. The fraction of sp³-hybridized carbons (Fsp3) is 0.250. The molecule has 1 aromatic carbocycles. The lowest BCUT2D eigenvalue weighted by Crippen LogP contribution is -2.10. The van der Waals surface area contributed by atoms with E-state index in [1.54, 1.807) is 19.4 Å². The Bertz CT molecular complexity index is 660. The smallest absolute Gasteiger partial charge is 0.298 e. The molecule has 0 radical (unpaired) electrons. The maximum Gasteiger partial charge on any atom is 0.298 e. The van der Waals surface area contributed by atoms with Crippen molar-refractivity contribution in [3.8, 4) is 0 Å². The molecule has 5 nitrogen and oxygen atoms in total. The quantitative estimate of drug-likeness (QED) is 0.688. The third-order valence-corrected chi connectivity index (χ3v) is 3.88. The van der Waals surface area contributed by atoms with E-state index in [0.717, 1.165) is 10.6 Å². The summed E-state index contributed by atoms with van der Waals surface area (Å²) in [5.41, 5.74) is 1.45. The van der Waals surface area contributed by atoms with E-state index in [-0.39, 0.29) is 11.7 Å². The van der Waals surface area contributed by atoms with Gasteiger partial charge in [0.2, 0.25) is 0 Å². The summed E-state index contributed by atoms with van der Waals surface area (Å²) in [6.45, 7) is 3.52. The minimum atomic E-state index is -0.995. The van der Waals surface area contributed by atoms with E-state index < -0.39 is 22.2 Å². The highest BCUT2D eigenvalue weighted by Gasteiger charge is 2.23. The second-order valence-corrected chi connectivity index (χ2v) is 5.09. The van der Waals surface area contributed by atoms with Crippen LogP contribution in [0.5, 0.6) is 0 Å². The zero-order valence-corrected chi connectivity index (χ0v) is 11.5. The van der Waals surface area contributed by atoms with E-state index in [0.29, 0.717) is 12.1 Å². The molecule has 0 bridgehead atoms. The molecule has 1 aromatic heterocycles. The van der Waals surface area contributed by atoms with E-state index in [4.69, 9.17) is 0 Å². The van der Waals surface area contributed by atoms with Crippen LogP contribution in [0.4, 0.5) is 20.2 Å². The molecule has 0 aliphatic rings. The summed E-state index contributed by atoms with van der Waals surface area (Å²) in [7, 11) is 0. The zero-order valence-electron chi connectivity index (χ0n) is 10.7. The monoisotopic (exact) mass is 299 g/mol. The molecule has 0 saturated heterocycles. The first-order valence-electron chi connectivity index (χ1n) is 5.70. The van der Waals surface area contributed by atoms with Gasteiger partial charge in [-0.15, -0.1) is 11.3 Å². The molecule has 1 unspecified atom stereocenters. The Hall–Kier alpha value is -2.09. The molecule has 0 aliphatic carbocycles. The number of nitro benzene ring substituents is 1. The molecule has 1 N–H and O–H groups in total. The predicted octanol–water partition coefficient (Wildman–Crippen LogP) is 3.81. The summed E-state index contributed by atoms with van der Waals surface area (Å²) in [5.74, 6) is -1.98. The molecular formula is C12H11F2N3O2S. The van der Waals surface area contributed by atoms with Crippen LogP contribution in [0.25, 0.3) is 0 Å². The lowest BCUT2D eigenvalue weighted by atomic mass is 10.2. The average molecular weight is 299 g/mol. The van der Waals surface area contributed by atoms with Gasteiger partial charge in [-0.3, -0.25) is 10.1 Å². The van der Waals surface area contributed by atoms with Crippen molar-refractivity contribution in [2.75, 3.05) is 5.32 Å². The fourth-order valence-electron chi connectivity index (χ4n) is 1.86. The van der Waals surface area contributed by atoms with E-state index >= 15 is 0 Å². The number of hydrogen-bond donors (Lipinski definition) is 1. The van der Waals surface area contributed by atoms with Crippen molar-refractivity contribution >= 4 is 22.7 Å². The Morgan fingerprint density at radius 3 is 2.70 bits per heavy atom. The molecule has 2 rings (SSSR count). The number of thiazole rings is 1. The molecule has 8 heteroatoms. The van der Waals surface area contributed by atoms with Crippen molar-refractivity contribution in [1.29, 1.82) is 0 Å². The normalized spacial score (nSPS) is 12.2. The van der Waals surface area contributed by atoms with Crippen molar-refractivity contribution in [2.45, 2.75) is 19.9 Å². The SMILES string of the molecule is Cc1ncsc1C(C)Nc1c(F)cc(F)cc1[N+](=O)[O-].